The maximum atomic E-state index is 10.2. The molecule has 2 aromatic carbocycles. The first-order valence-electron chi connectivity index (χ1n) is 6.61. The fraction of sp³-hybridized carbons (Fsp3) is 0.250. The van der Waals surface area contributed by atoms with Gasteiger partial charge in [-0.3, -0.25) is 0 Å². The first-order chi connectivity index (χ1) is 9.97. The number of hydrogen-bond donors (Lipinski definition) is 2. The summed E-state index contributed by atoms with van der Waals surface area (Å²) in [5.41, 5.74) is 2.66. The summed E-state index contributed by atoms with van der Waals surface area (Å²) >= 11 is 12.0. The van der Waals surface area contributed by atoms with E-state index in [-0.39, 0.29) is 0 Å². The number of nitrogens with one attached hydrogen (secondary N) is 1. The Morgan fingerprint density at radius 3 is 2.62 bits per heavy atom. The first-order valence-corrected chi connectivity index (χ1v) is 7.37. The van der Waals surface area contributed by atoms with Crippen LogP contribution in [-0.2, 0) is 0 Å². The molecule has 2 N–H and O–H groups in total. The van der Waals surface area contributed by atoms with E-state index < -0.39 is 6.10 Å². The molecule has 5 heteroatoms. The fourth-order valence-electron chi connectivity index (χ4n) is 1.99. The molecule has 0 fully saturated rings. The molecule has 2 aromatic rings. The van der Waals surface area contributed by atoms with Crippen LogP contribution in [0.2, 0.25) is 10.0 Å². The van der Waals surface area contributed by atoms with E-state index in [4.69, 9.17) is 23.2 Å². The minimum Gasteiger partial charge on any atom is -0.387 e. The van der Waals surface area contributed by atoms with Crippen molar-refractivity contribution in [3.63, 3.8) is 0 Å². The lowest BCUT2D eigenvalue weighted by Gasteiger charge is -2.17. The Bertz CT molecular complexity index is 617. The summed E-state index contributed by atoms with van der Waals surface area (Å²) in [7, 11) is 3.97. The highest BCUT2D eigenvalue weighted by atomic mass is 35.5. The Kier molecular flexibility index (Phi) is 5.34. The highest BCUT2D eigenvalue weighted by Gasteiger charge is 2.12. The van der Waals surface area contributed by atoms with Gasteiger partial charge in [-0.15, -0.1) is 0 Å². The maximum Gasteiger partial charge on any atom is 0.0977 e. The molecule has 0 heterocycles. The quantitative estimate of drug-likeness (QED) is 0.865. The monoisotopic (exact) mass is 324 g/mol. The van der Waals surface area contributed by atoms with Crippen LogP contribution in [0, 0.1) is 0 Å². The van der Waals surface area contributed by atoms with Gasteiger partial charge in [0.2, 0.25) is 0 Å². The lowest BCUT2D eigenvalue weighted by Crippen LogP contribution is -2.13. The molecular formula is C16H18Cl2N2O. The van der Waals surface area contributed by atoms with Crippen molar-refractivity contribution >= 4 is 34.6 Å². The summed E-state index contributed by atoms with van der Waals surface area (Å²) in [5.74, 6) is 0. The Morgan fingerprint density at radius 2 is 1.90 bits per heavy atom. The van der Waals surface area contributed by atoms with Gasteiger partial charge in [-0.2, -0.15) is 0 Å². The molecule has 0 amide bonds. The number of rotatable bonds is 5. The lowest BCUT2D eigenvalue weighted by molar-refractivity contribution is 0.192. The third-order valence-corrected chi connectivity index (χ3v) is 3.76. The topological polar surface area (TPSA) is 35.5 Å². The predicted octanol–water partition coefficient (Wildman–Crippen LogP) is 4.20. The van der Waals surface area contributed by atoms with Crippen molar-refractivity contribution in [2.45, 2.75) is 6.10 Å². The molecule has 0 saturated carbocycles. The second-order valence-corrected chi connectivity index (χ2v) is 5.85. The van der Waals surface area contributed by atoms with E-state index in [1.54, 1.807) is 18.2 Å². The number of halogens is 2. The maximum absolute atomic E-state index is 10.2. The number of aliphatic hydroxyl groups excluding tert-OH is 1. The smallest absolute Gasteiger partial charge is 0.0977 e. The fourth-order valence-corrected chi connectivity index (χ4v) is 2.41. The molecule has 0 bridgehead atoms. The number of anilines is 2. The van der Waals surface area contributed by atoms with Crippen LogP contribution in [0.4, 0.5) is 11.4 Å². The summed E-state index contributed by atoms with van der Waals surface area (Å²) in [5, 5.41) is 14.5. The summed E-state index contributed by atoms with van der Waals surface area (Å²) in [4.78, 5) is 2.02. The van der Waals surface area contributed by atoms with E-state index in [0.717, 1.165) is 11.4 Å². The van der Waals surface area contributed by atoms with Crippen LogP contribution >= 0.6 is 23.2 Å². The summed E-state index contributed by atoms with van der Waals surface area (Å²) in [6.07, 6.45) is -0.723. The zero-order valence-corrected chi connectivity index (χ0v) is 13.5. The van der Waals surface area contributed by atoms with Gasteiger partial charge in [0.05, 0.1) is 6.10 Å². The van der Waals surface area contributed by atoms with Crippen LogP contribution in [0.1, 0.15) is 11.7 Å². The molecule has 2 rings (SSSR count). The third kappa shape index (κ3) is 4.27. The van der Waals surface area contributed by atoms with E-state index in [2.05, 4.69) is 5.32 Å². The summed E-state index contributed by atoms with van der Waals surface area (Å²) < 4.78 is 0. The third-order valence-electron chi connectivity index (χ3n) is 3.18. The highest BCUT2D eigenvalue weighted by molar-refractivity contribution is 6.33. The van der Waals surface area contributed by atoms with Crippen molar-refractivity contribution in [2.75, 3.05) is 30.9 Å². The van der Waals surface area contributed by atoms with Crippen molar-refractivity contribution in [1.82, 2.24) is 0 Å². The Balaban J connectivity index is 2.05. The molecule has 0 aliphatic heterocycles. The summed E-state index contributed by atoms with van der Waals surface area (Å²) in [6.45, 7) is 0.358. The first kappa shape index (κ1) is 16.0. The van der Waals surface area contributed by atoms with Gasteiger partial charge in [0.25, 0.3) is 0 Å². The lowest BCUT2D eigenvalue weighted by atomic mass is 10.1. The van der Waals surface area contributed by atoms with Gasteiger partial charge in [-0.25, -0.2) is 0 Å². The molecule has 112 valence electrons. The van der Waals surface area contributed by atoms with E-state index in [1.165, 1.54) is 0 Å². The van der Waals surface area contributed by atoms with Crippen molar-refractivity contribution < 1.29 is 5.11 Å². The van der Waals surface area contributed by atoms with Crippen LogP contribution in [0.25, 0.3) is 0 Å². The number of aliphatic hydroxyl groups is 1. The molecule has 0 spiro atoms. The molecule has 0 saturated heterocycles. The summed E-state index contributed by atoms with van der Waals surface area (Å²) in [6, 6.07) is 13.0. The van der Waals surface area contributed by atoms with Crippen LogP contribution in [0.5, 0.6) is 0 Å². The number of nitrogens with zero attached hydrogens (tertiary/aromatic N) is 1. The van der Waals surface area contributed by atoms with Crippen LogP contribution in [0.15, 0.2) is 42.5 Å². The molecule has 3 nitrogen and oxygen atoms in total. The van der Waals surface area contributed by atoms with Crippen LogP contribution in [-0.4, -0.2) is 25.7 Å². The minimum absolute atomic E-state index is 0.358. The molecule has 0 aliphatic rings. The Hall–Kier alpha value is -1.42. The molecule has 21 heavy (non-hydrogen) atoms. The second kappa shape index (κ2) is 7.03. The molecule has 1 atom stereocenters. The van der Waals surface area contributed by atoms with E-state index in [0.29, 0.717) is 22.2 Å². The van der Waals surface area contributed by atoms with Crippen molar-refractivity contribution in [2.24, 2.45) is 0 Å². The van der Waals surface area contributed by atoms with Crippen LogP contribution < -0.4 is 10.2 Å². The molecule has 1 unspecified atom stereocenters. The van der Waals surface area contributed by atoms with Crippen LogP contribution in [0.3, 0.4) is 0 Å². The average molecular weight is 325 g/mol. The van der Waals surface area contributed by atoms with E-state index in [1.807, 2.05) is 43.3 Å². The zero-order chi connectivity index (χ0) is 15.4. The Labute approximate surface area is 135 Å². The average Bonchev–Trinajstić information content (AvgIpc) is 2.47. The van der Waals surface area contributed by atoms with Gasteiger partial charge in [-0.1, -0.05) is 29.3 Å². The number of benzene rings is 2. The van der Waals surface area contributed by atoms with Gasteiger partial charge >= 0.3 is 0 Å². The SMILES string of the molecule is CN(C)c1cccc(NCC(O)c2cc(Cl)ccc2Cl)c1. The molecular weight excluding hydrogens is 307 g/mol. The highest BCUT2D eigenvalue weighted by Crippen LogP contribution is 2.27. The van der Waals surface area contributed by atoms with Gasteiger partial charge in [-0.05, 0) is 36.4 Å². The van der Waals surface area contributed by atoms with Gasteiger partial charge in [0.15, 0.2) is 0 Å². The molecule has 0 radical (unpaired) electrons. The number of hydrogen-bond acceptors (Lipinski definition) is 3. The van der Waals surface area contributed by atoms with Crippen molar-refractivity contribution in [3.8, 4) is 0 Å². The largest absolute Gasteiger partial charge is 0.387 e. The van der Waals surface area contributed by atoms with Gasteiger partial charge in [0, 0.05) is 47.6 Å². The van der Waals surface area contributed by atoms with E-state index >= 15 is 0 Å². The van der Waals surface area contributed by atoms with E-state index in [9.17, 15) is 5.11 Å². The van der Waals surface area contributed by atoms with Gasteiger partial charge < -0.3 is 15.3 Å². The normalized spacial score (nSPS) is 12.0. The second-order valence-electron chi connectivity index (χ2n) is 5.01. The predicted molar refractivity (Wildman–Crippen MR) is 90.7 cm³/mol. The van der Waals surface area contributed by atoms with Crippen molar-refractivity contribution in [3.05, 3.63) is 58.1 Å². The van der Waals surface area contributed by atoms with Gasteiger partial charge in [0.1, 0.15) is 0 Å². The standard InChI is InChI=1S/C16H18Cl2N2O/c1-20(2)13-5-3-4-12(9-13)19-10-16(21)14-8-11(17)6-7-15(14)18/h3-9,16,19,21H,10H2,1-2H3. The Morgan fingerprint density at radius 1 is 1.14 bits per heavy atom. The molecule has 0 aliphatic carbocycles. The van der Waals surface area contributed by atoms with Crippen molar-refractivity contribution in [1.29, 1.82) is 0 Å². The molecule has 0 aromatic heterocycles. The minimum atomic E-state index is -0.723. The zero-order valence-electron chi connectivity index (χ0n) is 12.0.